The Hall–Kier alpha value is -1.40. The van der Waals surface area contributed by atoms with E-state index in [1.165, 1.54) is 6.33 Å². The maximum Gasteiger partial charge on any atom is 0.164 e. The van der Waals surface area contributed by atoms with E-state index in [-0.39, 0.29) is 0 Å². The molecule has 0 aliphatic carbocycles. The van der Waals surface area contributed by atoms with Crippen LogP contribution in [0, 0.1) is 0 Å². The Bertz CT molecular complexity index is 541. The van der Waals surface area contributed by atoms with Crippen LogP contribution in [0.4, 0.5) is 0 Å². The number of nitrogens with zero attached hydrogens (tertiary/aromatic N) is 3. The van der Waals surface area contributed by atoms with Crippen LogP contribution in [-0.2, 0) is 20.2 Å². The fourth-order valence-electron chi connectivity index (χ4n) is 1.70. The van der Waals surface area contributed by atoms with Gasteiger partial charge in [-0.2, -0.15) is 5.10 Å². The Morgan fingerprint density at radius 1 is 1.42 bits per heavy atom. The van der Waals surface area contributed by atoms with Gasteiger partial charge < -0.3 is 10.1 Å². The summed E-state index contributed by atoms with van der Waals surface area (Å²) in [6, 6.07) is 6.03. The van der Waals surface area contributed by atoms with Crippen molar-refractivity contribution in [2.75, 3.05) is 6.54 Å². The molecule has 0 spiro atoms. The molecule has 2 rings (SSSR count). The summed E-state index contributed by atoms with van der Waals surface area (Å²) < 4.78 is 8.54. The lowest BCUT2D eigenvalue weighted by Crippen LogP contribution is -2.13. The number of hydrogen-bond acceptors (Lipinski definition) is 4. The van der Waals surface area contributed by atoms with Crippen molar-refractivity contribution in [3.8, 4) is 5.75 Å². The second-order valence-electron chi connectivity index (χ2n) is 4.10. The molecule has 0 aliphatic rings. The monoisotopic (exact) mass is 324 g/mol. The normalized spacial score (nSPS) is 10.7. The van der Waals surface area contributed by atoms with Crippen LogP contribution >= 0.6 is 15.9 Å². The van der Waals surface area contributed by atoms with E-state index in [4.69, 9.17) is 4.74 Å². The predicted octanol–water partition coefficient (Wildman–Crippen LogP) is 2.27. The number of aromatic nitrogens is 3. The van der Waals surface area contributed by atoms with E-state index in [1.807, 2.05) is 19.2 Å². The van der Waals surface area contributed by atoms with Gasteiger partial charge in [0.05, 0.1) is 4.47 Å². The topological polar surface area (TPSA) is 52.0 Å². The van der Waals surface area contributed by atoms with Crippen molar-refractivity contribution < 1.29 is 4.74 Å². The van der Waals surface area contributed by atoms with Crippen molar-refractivity contribution in [2.24, 2.45) is 7.05 Å². The van der Waals surface area contributed by atoms with E-state index in [0.29, 0.717) is 6.61 Å². The molecule has 0 unspecified atom stereocenters. The fourth-order valence-corrected chi connectivity index (χ4v) is 2.22. The van der Waals surface area contributed by atoms with Crippen LogP contribution in [0.3, 0.4) is 0 Å². The number of benzene rings is 1. The van der Waals surface area contributed by atoms with E-state index >= 15 is 0 Å². The Morgan fingerprint density at radius 3 is 2.95 bits per heavy atom. The highest BCUT2D eigenvalue weighted by Gasteiger charge is 2.09. The average Bonchev–Trinajstić information content (AvgIpc) is 2.81. The van der Waals surface area contributed by atoms with Gasteiger partial charge in [-0.15, -0.1) is 0 Å². The van der Waals surface area contributed by atoms with Crippen LogP contribution in [0.1, 0.15) is 18.3 Å². The average molecular weight is 325 g/mol. The largest absolute Gasteiger partial charge is 0.484 e. The van der Waals surface area contributed by atoms with Crippen molar-refractivity contribution in [1.82, 2.24) is 20.1 Å². The van der Waals surface area contributed by atoms with Crippen molar-refractivity contribution >= 4 is 15.9 Å². The van der Waals surface area contributed by atoms with Gasteiger partial charge in [0.2, 0.25) is 0 Å². The Balaban J connectivity index is 2.12. The fraction of sp³-hybridized carbons (Fsp3) is 0.385. The van der Waals surface area contributed by atoms with Crippen LogP contribution in [0.5, 0.6) is 5.75 Å². The molecule has 1 heterocycles. The predicted molar refractivity (Wildman–Crippen MR) is 76.9 cm³/mol. The molecule has 0 radical (unpaired) electrons. The van der Waals surface area contributed by atoms with Gasteiger partial charge in [0.25, 0.3) is 0 Å². The maximum atomic E-state index is 5.88. The van der Waals surface area contributed by atoms with Gasteiger partial charge in [-0.3, -0.25) is 4.68 Å². The minimum atomic E-state index is 0.401. The molecule has 1 aromatic carbocycles. The van der Waals surface area contributed by atoms with Gasteiger partial charge in [0.15, 0.2) is 5.82 Å². The van der Waals surface area contributed by atoms with Gasteiger partial charge in [-0.05, 0) is 28.5 Å². The highest BCUT2D eigenvalue weighted by atomic mass is 79.9. The third kappa shape index (κ3) is 3.54. The third-order valence-corrected chi connectivity index (χ3v) is 3.39. The van der Waals surface area contributed by atoms with E-state index < -0.39 is 0 Å². The molecule has 1 aromatic heterocycles. The quantitative estimate of drug-likeness (QED) is 0.885. The minimum absolute atomic E-state index is 0.401. The standard InChI is InChI=1S/C13H17BrN4O/c1-3-15-7-10-5-4-6-11(14)13(10)19-8-12-16-9-17-18(12)2/h4-6,9,15H,3,7-8H2,1-2H3. The summed E-state index contributed by atoms with van der Waals surface area (Å²) in [5.74, 6) is 1.65. The first-order valence-corrected chi connectivity index (χ1v) is 6.95. The van der Waals surface area contributed by atoms with Crippen LogP contribution in [0.2, 0.25) is 0 Å². The van der Waals surface area contributed by atoms with E-state index in [0.717, 1.165) is 34.7 Å². The van der Waals surface area contributed by atoms with E-state index in [1.54, 1.807) is 4.68 Å². The first-order chi connectivity index (χ1) is 9.22. The summed E-state index contributed by atoms with van der Waals surface area (Å²) >= 11 is 3.53. The van der Waals surface area contributed by atoms with Crippen LogP contribution in [-0.4, -0.2) is 21.3 Å². The highest BCUT2D eigenvalue weighted by Crippen LogP contribution is 2.29. The zero-order valence-electron chi connectivity index (χ0n) is 11.1. The summed E-state index contributed by atoms with van der Waals surface area (Å²) in [7, 11) is 1.85. The molecule has 6 heteroatoms. The van der Waals surface area contributed by atoms with Crippen LogP contribution in [0.25, 0.3) is 0 Å². The van der Waals surface area contributed by atoms with Crippen molar-refractivity contribution in [1.29, 1.82) is 0 Å². The smallest absolute Gasteiger partial charge is 0.164 e. The summed E-state index contributed by atoms with van der Waals surface area (Å²) in [5.41, 5.74) is 1.12. The van der Waals surface area contributed by atoms with Gasteiger partial charge in [0, 0.05) is 19.2 Å². The van der Waals surface area contributed by atoms with Crippen molar-refractivity contribution in [3.05, 3.63) is 40.4 Å². The molecule has 0 saturated heterocycles. The molecule has 19 heavy (non-hydrogen) atoms. The first-order valence-electron chi connectivity index (χ1n) is 6.16. The Labute approximate surface area is 121 Å². The minimum Gasteiger partial charge on any atom is -0.484 e. The van der Waals surface area contributed by atoms with Gasteiger partial charge >= 0.3 is 0 Å². The molecule has 0 amide bonds. The number of ether oxygens (including phenoxy) is 1. The van der Waals surface area contributed by atoms with Crippen molar-refractivity contribution in [2.45, 2.75) is 20.1 Å². The second kappa shape index (κ2) is 6.68. The zero-order chi connectivity index (χ0) is 13.7. The number of nitrogens with one attached hydrogen (secondary N) is 1. The maximum absolute atomic E-state index is 5.88. The number of halogens is 1. The van der Waals surface area contributed by atoms with Gasteiger partial charge in [-0.25, -0.2) is 4.98 Å². The molecular weight excluding hydrogens is 308 g/mol. The Morgan fingerprint density at radius 2 is 2.26 bits per heavy atom. The van der Waals surface area contributed by atoms with Crippen LogP contribution < -0.4 is 10.1 Å². The number of para-hydroxylation sites is 1. The number of rotatable bonds is 6. The SMILES string of the molecule is CCNCc1cccc(Br)c1OCc1ncnn1C. The molecule has 5 nitrogen and oxygen atoms in total. The number of hydrogen-bond donors (Lipinski definition) is 1. The molecule has 2 aromatic rings. The Kier molecular flexibility index (Phi) is 4.93. The van der Waals surface area contributed by atoms with Gasteiger partial charge in [-0.1, -0.05) is 19.1 Å². The molecule has 0 atom stereocenters. The first kappa shape index (κ1) is 14.0. The molecule has 102 valence electrons. The molecular formula is C13H17BrN4O. The molecule has 0 aliphatic heterocycles. The van der Waals surface area contributed by atoms with E-state index in [2.05, 4.69) is 44.3 Å². The lowest BCUT2D eigenvalue weighted by Gasteiger charge is -2.13. The summed E-state index contributed by atoms with van der Waals surface area (Å²) in [4.78, 5) is 4.15. The van der Waals surface area contributed by atoms with Crippen LogP contribution in [0.15, 0.2) is 29.0 Å². The van der Waals surface area contributed by atoms with E-state index in [9.17, 15) is 0 Å². The van der Waals surface area contributed by atoms with Crippen molar-refractivity contribution in [3.63, 3.8) is 0 Å². The molecule has 0 bridgehead atoms. The molecule has 0 saturated carbocycles. The summed E-state index contributed by atoms with van der Waals surface area (Å²) in [6.45, 7) is 4.19. The summed E-state index contributed by atoms with van der Waals surface area (Å²) in [6.07, 6.45) is 1.53. The second-order valence-corrected chi connectivity index (χ2v) is 4.95. The van der Waals surface area contributed by atoms with Gasteiger partial charge in [0.1, 0.15) is 18.7 Å². The molecule has 1 N–H and O–H groups in total. The molecule has 0 fully saturated rings. The number of aryl methyl sites for hydroxylation is 1. The summed E-state index contributed by atoms with van der Waals surface area (Å²) in [5, 5.41) is 7.33. The third-order valence-electron chi connectivity index (χ3n) is 2.76. The zero-order valence-corrected chi connectivity index (χ0v) is 12.6. The lowest BCUT2D eigenvalue weighted by atomic mass is 10.2. The lowest BCUT2D eigenvalue weighted by molar-refractivity contribution is 0.284. The highest BCUT2D eigenvalue weighted by molar-refractivity contribution is 9.10.